The van der Waals surface area contributed by atoms with Crippen molar-refractivity contribution in [1.82, 2.24) is 0 Å². The molecule has 1 rings (SSSR count). The third-order valence-electron chi connectivity index (χ3n) is 1.29. The van der Waals surface area contributed by atoms with Crippen LogP contribution in [0.15, 0.2) is 55.0 Å². The Morgan fingerprint density at radius 1 is 1.00 bits per heavy atom. The zero-order valence-corrected chi connectivity index (χ0v) is 9.21. The maximum absolute atomic E-state index is 4.86. The molecular weight excluding hydrogens is 172 g/mol. The maximum atomic E-state index is 4.86. The third kappa shape index (κ3) is 8.60. The molecule has 0 N–H and O–H groups in total. The zero-order chi connectivity index (χ0) is 11.0. The second-order valence-electron chi connectivity index (χ2n) is 3.16. The molecule has 0 aliphatic heterocycles. The first-order valence-corrected chi connectivity index (χ1v) is 4.53. The van der Waals surface area contributed by atoms with Gasteiger partial charge >= 0.3 is 0 Å². The fourth-order valence-corrected chi connectivity index (χ4v) is 0.832. The standard InChI is InChI=1S/C7H8.C6H10O/c1-7-5-3-2-4-6-7;1-5(2)7-6(3)4/h2-6H,1H3;1,3H2,2,4H3. The number of hydrogen-bond acceptors (Lipinski definition) is 1. The molecule has 0 fully saturated rings. The molecule has 0 unspecified atom stereocenters. The molecule has 1 aromatic rings. The Bertz CT molecular complexity index is 273. The fourth-order valence-electron chi connectivity index (χ4n) is 0.832. The van der Waals surface area contributed by atoms with Crippen molar-refractivity contribution in [2.75, 3.05) is 0 Å². The predicted molar refractivity (Wildman–Crippen MR) is 61.9 cm³/mol. The average molecular weight is 190 g/mol. The maximum Gasteiger partial charge on any atom is 0.0933 e. The van der Waals surface area contributed by atoms with Crippen LogP contribution in [0, 0.1) is 6.92 Å². The van der Waals surface area contributed by atoms with Crippen LogP contribution in [0.2, 0.25) is 0 Å². The van der Waals surface area contributed by atoms with Gasteiger partial charge in [0, 0.05) is 0 Å². The van der Waals surface area contributed by atoms with Crippen molar-refractivity contribution in [3.05, 3.63) is 60.6 Å². The van der Waals surface area contributed by atoms with Crippen LogP contribution in [0.25, 0.3) is 0 Å². The smallest absolute Gasteiger partial charge is 0.0933 e. The molecule has 0 saturated heterocycles. The van der Waals surface area contributed by atoms with E-state index in [0.717, 1.165) is 0 Å². The molecule has 0 aliphatic rings. The van der Waals surface area contributed by atoms with Crippen molar-refractivity contribution < 1.29 is 4.74 Å². The molecule has 0 saturated carbocycles. The first-order chi connectivity index (χ1) is 6.52. The first kappa shape index (κ1) is 12.5. The van der Waals surface area contributed by atoms with Crippen LogP contribution in [0.4, 0.5) is 0 Å². The minimum absolute atomic E-state index is 0.688. The van der Waals surface area contributed by atoms with Gasteiger partial charge in [0.2, 0.25) is 0 Å². The Balaban J connectivity index is 0.000000241. The number of allylic oxidation sites excluding steroid dienone is 2. The highest BCUT2D eigenvalue weighted by Gasteiger charge is 1.80. The minimum Gasteiger partial charge on any atom is -0.468 e. The lowest BCUT2D eigenvalue weighted by Crippen LogP contribution is -1.78. The highest BCUT2D eigenvalue weighted by Crippen LogP contribution is 1.97. The first-order valence-electron chi connectivity index (χ1n) is 4.53. The Hall–Kier alpha value is -1.50. The summed E-state index contributed by atoms with van der Waals surface area (Å²) in [6, 6.07) is 10.3. The summed E-state index contributed by atoms with van der Waals surface area (Å²) in [5.41, 5.74) is 1.32. The van der Waals surface area contributed by atoms with E-state index in [1.807, 2.05) is 18.2 Å². The van der Waals surface area contributed by atoms with E-state index in [9.17, 15) is 0 Å². The Morgan fingerprint density at radius 3 is 1.57 bits per heavy atom. The summed E-state index contributed by atoms with van der Waals surface area (Å²) in [4.78, 5) is 0. The Kier molecular flexibility index (Phi) is 6.21. The van der Waals surface area contributed by atoms with Crippen LogP contribution >= 0.6 is 0 Å². The number of hydrogen-bond donors (Lipinski definition) is 0. The summed E-state index contributed by atoms with van der Waals surface area (Å²) in [5.74, 6) is 1.38. The van der Waals surface area contributed by atoms with Crippen LogP contribution < -0.4 is 0 Å². The van der Waals surface area contributed by atoms with E-state index < -0.39 is 0 Å². The molecule has 0 aromatic heterocycles. The van der Waals surface area contributed by atoms with Gasteiger partial charge in [0.05, 0.1) is 11.5 Å². The summed E-state index contributed by atoms with van der Waals surface area (Å²) in [5, 5.41) is 0. The van der Waals surface area contributed by atoms with Crippen LogP contribution in [-0.4, -0.2) is 0 Å². The topological polar surface area (TPSA) is 9.23 Å². The fraction of sp³-hybridized carbons (Fsp3) is 0.231. The van der Waals surface area contributed by atoms with Crippen LogP contribution in [0.3, 0.4) is 0 Å². The number of rotatable bonds is 2. The second kappa shape index (κ2) is 6.96. The molecule has 0 radical (unpaired) electrons. The van der Waals surface area contributed by atoms with Gasteiger partial charge in [0.1, 0.15) is 0 Å². The van der Waals surface area contributed by atoms with E-state index >= 15 is 0 Å². The Labute approximate surface area is 86.7 Å². The van der Waals surface area contributed by atoms with Gasteiger partial charge < -0.3 is 4.74 Å². The number of ether oxygens (including phenoxy) is 1. The number of benzene rings is 1. The largest absolute Gasteiger partial charge is 0.468 e. The van der Waals surface area contributed by atoms with Gasteiger partial charge in [-0.2, -0.15) is 0 Å². The molecule has 0 amide bonds. The van der Waals surface area contributed by atoms with E-state index in [1.165, 1.54) is 5.56 Å². The van der Waals surface area contributed by atoms with Crippen molar-refractivity contribution >= 4 is 0 Å². The summed E-state index contributed by atoms with van der Waals surface area (Å²) >= 11 is 0. The van der Waals surface area contributed by atoms with E-state index in [4.69, 9.17) is 4.74 Å². The molecule has 0 spiro atoms. The van der Waals surface area contributed by atoms with Crippen LogP contribution in [-0.2, 0) is 4.74 Å². The lowest BCUT2D eigenvalue weighted by atomic mass is 10.2. The molecule has 1 nitrogen and oxygen atoms in total. The molecule has 76 valence electrons. The zero-order valence-electron chi connectivity index (χ0n) is 9.21. The SMILES string of the molecule is C=C(C)OC(=C)C.Cc1ccccc1. The number of aryl methyl sites for hydroxylation is 1. The van der Waals surface area contributed by atoms with Gasteiger partial charge in [-0.25, -0.2) is 0 Å². The van der Waals surface area contributed by atoms with E-state index in [2.05, 4.69) is 32.2 Å². The van der Waals surface area contributed by atoms with Gasteiger partial charge in [-0.05, 0) is 20.8 Å². The lowest BCUT2D eigenvalue weighted by molar-refractivity contribution is 0.313. The van der Waals surface area contributed by atoms with Crippen molar-refractivity contribution in [1.29, 1.82) is 0 Å². The van der Waals surface area contributed by atoms with Gasteiger partial charge in [0.15, 0.2) is 0 Å². The molecule has 0 bridgehead atoms. The van der Waals surface area contributed by atoms with Crippen LogP contribution in [0.1, 0.15) is 19.4 Å². The lowest BCUT2D eigenvalue weighted by Gasteiger charge is -1.99. The van der Waals surface area contributed by atoms with Crippen molar-refractivity contribution in [2.24, 2.45) is 0 Å². The molecule has 1 heteroatoms. The summed E-state index contributed by atoms with van der Waals surface area (Å²) in [7, 11) is 0. The summed E-state index contributed by atoms with van der Waals surface area (Å²) in [6.45, 7) is 12.7. The van der Waals surface area contributed by atoms with E-state index in [-0.39, 0.29) is 0 Å². The van der Waals surface area contributed by atoms with Gasteiger partial charge in [-0.3, -0.25) is 0 Å². The molecule has 0 heterocycles. The summed E-state index contributed by atoms with van der Waals surface area (Å²) in [6.07, 6.45) is 0. The van der Waals surface area contributed by atoms with E-state index in [1.54, 1.807) is 13.8 Å². The second-order valence-corrected chi connectivity index (χ2v) is 3.16. The van der Waals surface area contributed by atoms with Crippen molar-refractivity contribution in [3.8, 4) is 0 Å². The predicted octanol–water partition coefficient (Wildman–Crippen LogP) is 4.07. The van der Waals surface area contributed by atoms with Crippen molar-refractivity contribution in [2.45, 2.75) is 20.8 Å². The van der Waals surface area contributed by atoms with Crippen LogP contribution in [0.5, 0.6) is 0 Å². The van der Waals surface area contributed by atoms with Gasteiger partial charge in [0.25, 0.3) is 0 Å². The van der Waals surface area contributed by atoms with Gasteiger partial charge in [-0.15, -0.1) is 0 Å². The van der Waals surface area contributed by atoms with Gasteiger partial charge in [-0.1, -0.05) is 49.1 Å². The normalized spacial score (nSPS) is 8.21. The Morgan fingerprint density at radius 2 is 1.43 bits per heavy atom. The minimum atomic E-state index is 0.688. The monoisotopic (exact) mass is 190 g/mol. The molecule has 14 heavy (non-hydrogen) atoms. The highest BCUT2D eigenvalue weighted by atomic mass is 16.5. The molecular formula is C13H18O. The molecule has 1 aromatic carbocycles. The summed E-state index contributed by atoms with van der Waals surface area (Å²) < 4.78 is 4.86. The quantitative estimate of drug-likeness (QED) is 0.639. The third-order valence-corrected chi connectivity index (χ3v) is 1.29. The average Bonchev–Trinajstić information content (AvgIpc) is 2.03. The molecule has 0 atom stereocenters. The highest BCUT2D eigenvalue weighted by molar-refractivity contribution is 5.11. The molecule has 0 aliphatic carbocycles. The van der Waals surface area contributed by atoms with E-state index in [0.29, 0.717) is 11.5 Å². The van der Waals surface area contributed by atoms with Crippen molar-refractivity contribution in [3.63, 3.8) is 0 Å².